The number of rotatable bonds is 5. The van der Waals surface area contributed by atoms with E-state index in [1.165, 1.54) is 0 Å². The quantitative estimate of drug-likeness (QED) is 0.787. The summed E-state index contributed by atoms with van der Waals surface area (Å²) in [5.74, 6) is 0.680. The summed E-state index contributed by atoms with van der Waals surface area (Å²) in [4.78, 5) is 20.3. The number of fused-ring (bicyclic) bond motifs is 1. The zero-order chi connectivity index (χ0) is 13.8. The van der Waals surface area contributed by atoms with Crippen LogP contribution in [0.3, 0.4) is 0 Å². The van der Waals surface area contributed by atoms with Gasteiger partial charge in [-0.15, -0.1) is 0 Å². The summed E-state index contributed by atoms with van der Waals surface area (Å²) in [6, 6.07) is 0. The minimum Gasteiger partial charge on any atom is -0.356 e. The van der Waals surface area contributed by atoms with Crippen LogP contribution in [0.15, 0.2) is 24.9 Å². The molecule has 0 spiro atoms. The minimum atomic E-state index is -0.112. The molecule has 7 nitrogen and oxygen atoms in total. The summed E-state index contributed by atoms with van der Waals surface area (Å²) in [6.07, 6.45) is 9.19. The molecule has 3 heterocycles. The van der Waals surface area contributed by atoms with Crippen LogP contribution in [0.25, 0.3) is 0 Å². The van der Waals surface area contributed by atoms with Gasteiger partial charge in [0.15, 0.2) is 0 Å². The Morgan fingerprint density at radius 2 is 2.45 bits per heavy atom. The van der Waals surface area contributed by atoms with E-state index in [1.807, 2.05) is 21.5 Å². The lowest BCUT2D eigenvalue weighted by molar-refractivity contribution is 0.0948. The molecule has 1 aliphatic heterocycles. The molecule has 0 unspecified atom stereocenters. The molecular weight excluding hydrogens is 256 g/mol. The molecule has 0 saturated heterocycles. The number of nitrogens with one attached hydrogen (secondary N) is 2. The molecule has 2 aromatic rings. The third-order valence-electron chi connectivity index (χ3n) is 3.31. The highest BCUT2D eigenvalue weighted by Crippen LogP contribution is 2.13. The monoisotopic (exact) mass is 274 g/mol. The van der Waals surface area contributed by atoms with Crippen molar-refractivity contribution in [2.45, 2.75) is 25.9 Å². The van der Waals surface area contributed by atoms with Crippen LogP contribution in [0, 0.1) is 0 Å². The second kappa shape index (κ2) is 5.77. The van der Waals surface area contributed by atoms with Crippen LogP contribution in [0.1, 0.15) is 23.3 Å². The minimum absolute atomic E-state index is 0.112. The molecule has 3 rings (SSSR count). The first-order valence-corrected chi connectivity index (χ1v) is 6.88. The Kier molecular flexibility index (Phi) is 3.67. The summed E-state index contributed by atoms with van der Waals surface area (Å²) in [7, 11) is 0. The van der Waals surface area contributed by atoms with Crippen LogP contribution >= 0.6 is 0 Å². The van der Waals surface area contributed by atoms with E-state index in [-0.39, 0.29) is 5.91 Å². The van der Waals surface area contributed by atoms with E-state index in [1.54, 1.807) is 12.5 Å². The standard InChI is InChI=1S/C13H18N6O/c20-12(15-3-1-6-18-8-5-14-10-18)11-9-19-7-2-4-16-13(19)17-11/h5,8-10H,1-4,6-7H2,(H,15,20)(H,16,17). The Balaban J connectivity index is 1.48. The van der Waals surface area contributed by atoms with Crippen LogP contribution < -0.4 is 10.6 Å². The molecular formula is C13H18N6O. The third-order valence-corrected chi connectivity index (χ3v) is 3.31. The van der Waals surface area contributed by atoms with Crippen molar-refractivity contribution < 1.29 is 4.79 Å². The van der Waals surface area contributed by atoms with E-state index < -0.39 is 0 Å². The van der Waals surface area contributed by atoms with Crippen LogP contribution in [0.5, 0.6) is 0 Å². The van der Waals surface area contributed by atoms with E-state index in [4.69, 9.17) is 0 Å². The number of hydrogen-bond donors (Lipinski definition) is 2. The lowest BCUT2D eigenvalue weighted by Gasteiger charge is -2.14. The molecule has 0 bridgehead atoms. The van der Waals surface area contributed by atoms with Crippen molar-refractivity contribution in [1.82, 2.24) is 24.4 Å². The summed E-state index contributed by atoms with van der Waals surface area (Å²) >= 11 is 0. The smallest absolute Gasteiger partial charge is 0.271 e. The molecule has 0 aliphatic carbocycles. The summed E-state index contributed by atoms with van der Waals surface area (Å²) in [5, 5.41) is 6.08. The summed E-state index contributed by atoms with van der Waals surface area (Å²) in [5.41, 5.74) is 0.483. The Morgan fingerprint density at radius 3 is 3.25 bits per heavy atom. The van der Waals surface area contributed by atoms with E-state index >= 15 is 0 Å². The van der Waals surface area contributed by atoms with Gasteiger partial charge in [0, 0.05) is 44.8 Å². The Bertz CT molecular complexity index is 550. The zero-order valence-corrected chi connectivity index (χ0v) is 11.2. The molecule has 1 aliphatic rings. The van der Waals surface area contributed by atoms with Crippen LogP contribution in [-0.4, -0.2) is 38.1 Å². The Labute approximate surface area is 117 Å². The molecule has 2 aromatic heterocycles. The number of anilines is 1. The molecule has 0 atom stereocenters. The first kappa shape index (κ1) is 12.7. The van der Waals surface area contributed by atoms with Crippen molar-refractivity contribution >= 4 is 11.9 Å². The van der Waals surface area contributed by atoms with E-state index in [2.05, 4.69) is 20.6 Å². The van der Waals surface area contributed by atoms with Gasteiger partial charge in [-0.25, -0.2) is 9.97 Å². The number of carbonyl (C=O) groups is 1. The van der Waals surface area contributed by atoms with Crippen molar-refractivity contribution in [1.29, 1.82) is 0 Å². The first-order chi connectivity index (χ1) is 9.83. The second-order valence-corrected chi connectivity index (χ2v) is 4.83. The van der Waals surface area contributed by atoms with Crippen LogP contribution in [-0.2, 0) is 13.1 Å². The SMILES string of the molecule is O=C(NCCCn1ccnc1)c1cn2c(n1)NCCC2. The fourth-order valence-corrected chi connectivity index (χ4v) is 2.26. The first-order valence-electron chi connectivity index (χ1n) is 6.88. The number of amides is 1. The maximum absolute atomic E-state index is 12.0. The van der Waals surface area contributed by atoms with Crippen LogP contribution in [0.4, 0.5) is 5.95 Å². The van der Waals surface area contributed by atoms with E-state index in [9.17, 15) is 4.79 Å². The average molecular weight is 274 g/mol. The summed E-state index contributed by atoms with van der Waals surface area (Å²) < 4.78 is 3.98. The molecule has 0 saturated carbocycles. The van der Waals surface area contributed by atoms with E-state index in [0.29, 0.717) is 12.2 Å². The van der Waals surface area contributed by atoms with Gasteiger partial charge in [-0.05, 0) is 12.8 Å². The number of aromatic nitrogens is 4. The molecule has 20 heavy (non-hydrogen) atoms. The maximum atomic E-state index is 12.0. The van der Waals surface area contributed by atoms with Gasteiger partial charge in [-0.3, -0.25) is 4.79 Å². The normalized spacial score (nSPS) is 13.6. The predicted octanol–water partition coefficient (Wildman–Crippen LogP) is 0.715. The van der Waals surface area contributed by atoms with Crippen molar-refractivity contribution in [2.75, 3.05) is 18.4 Å². The molecule has 0 radical (unpaired) electrons. The number of nitrogens with zero attached hydrogens (tertiary/aromatic N) is 4. The van der Waals surface area contributed by atoms with E-state index in [0.717, 1.165) is 38.4 Å². The Morgan fingerprint density at radius 1 is 1.50 bits per heavy atom. The highest BCUT2D eigenvalue weighted by atomic mass is 16.1. The van der Waals surface area contributed by atoms with Crippen molar-refractivity contribution in [2.24, 2.45) is 0 Å². The average Bonchev–Trinajstić information content (AvgIpc) is 3.12. The van der Waals surface area contributed by atoms with Crippen LogP contribution in [0.2, 0.25) is 0 Å². The Hall–Kier alpha value is -2.31. The third kappa shape index (κ3) is 2.81. The lowest BCUT2D eigenvalue weighted by atomic mass is 10.3. The maximum Gasteiger partial charge on any atom is 0.271 e. The van der Waals surface area contributed by atoms with Gasteiger partial charge in [-0.2, -0.15) is 0 Å². The van der Waals surface area contributed by atoms with Gasteiger partial charge in [0.25, 0.3) is 5.91 Å². The predicted molar refractivity (Wildman–Crippen MR) is 74.5 cm³/mol. The number of aryl methyl sites for hydroxylation is 2. The molecule has 2 N–H and O–H groups in total. The number of carbonyl (C=O) groups excluding carboxylic acids is 1. The van der Waals surface area contributed by atoms with Gasteiger partial charge >= 0.3 is 0 Å². The highest BCUT2D eigenvalue weighted by Gasteiger charge is 2.15. The van der Waals surface area contributed by atoms with Crippen molar-refractivity contribution in [3.63, 3.8) is 0 Å². The molecule has 106 valence electrons. The van der Waals surface area contributed by atoms with Crippen molar-refractivity contribution in [3.8, 4) is 0 Å². The summed E-state index contributed by atoms with van der Waals surface area (Å²) in [6.45, 7) is 3.32. The van der Waals surface area contributed by atoms with Gasteiger partial charge in [0.1, 0.15) is 5.69 Å². The fourth-order valence-electron chi connectivity index (χ4n) is 2.26. The molecule has 0 fully saturated rings. The fraction of sp³-hybridized carbons (Fsp3) is 0.462. The van der Waals surface area contributed by atoms with Crippen molar-refractivity contribution in [3.05, 3.63) is 30.6 Å². The second-order valence-electron chi connectivity index (χ2n) is 4.83. The topological polar surface area (TPSA) is 76.8 Å². The highest BCUT2D eigenvalue weighted by molar-refractivity contribution is 5.92. The largest absolute Gasteiger partial charge is 0.356 e. The number of hydrogen-bond acceptors (Lipinski definition) is 4. The lowest BCUT2D eigenvalue weighted by Crippen LogP contribution is -2.25. The van der Waals surface area contributed by atoms with Gasteiger partial charge in [-0.1, -0.05) is 0 Å². The molecule has 7 heteroatoms. The zero-order valence-electron chi connectivity index (χ0n) is 11.2. The number of imidazole rings is 2. The molecule has 1 amide bonds. The van der Waals surface area contributed by atoms with Gasteiger partial charge < -0.3 is 19.8 Å². The van der Waals surface area contributed by atoms with Gasteiger partial charge in [0.05, 0.1) is 6.33 Å². The van der Waals surface area contributed by atoms with Gasteiger partial charge in [0.2, 0.25) is 5.95 Å². The molecule has 0 aromatic carbocycles.